The average Bonchev–Trinajstić information content (AvgIpc) is 2.08. The molecule has 0 fully saturated rings. The number of benzene rings is 1. The van der Waals surface area contributed by atoms with Gasteiger partial charge in [-0.25, -0.2) is 0 Å². The second-order valence-corrected chi connectivity index (χ2v) is 2.06. The van der Waals surface area contributed by atoms with E-state index >= 15 is 0 Å². The van der Waals surface area contributed by atoms with Crippen molar-refractivity contribution < 1.29 is 4.74 Å². The van der Waals surface area contributed by atoms with E-state index in [1.807, 2.05) is 30.3 Å². The minimum atomic E-state index is 0.826. The van der Waals surface area contributed by atoms with Gasteiger partial charge in [0.25, 0.3) is 0 Å². The zero-order valence-electron chi connectivity index (χ0n) is 6.74. The fourth-order valence-electron chi connectivity index (χ4n) is 0.595. The van der Waals surface area contributed by atoms with Gasteiger partial charge in [0.1, 0.15) is 5.75 Å². The Balaban J connectivity index is 0.000000354. The van der Waals surface area contributed by atoms with Crippen molar-refractivity contribution in [2.75, 3.05) is 0 Å². The molecule has 0 unspecified atom stereocenters. The van der Waals surface area contributed by atoms with Crippen LogP contribution in [0.5, 0.6) is 5.75 Å². The first kappa shape index (κ1) is 10.8. The first-order valence-electron chi connectivity index (χ1n) is 3.39. The highest BCUT2D eigenvalue weighted by Crippen LogP contribution is 2.07. The molecular formula is C10H11ClO. The summed E-state index contributed by atoms with van der Waals surface area (Å²) in [7, 11) is 0. The number of ether oxygens (including phenoxy) is 1. The summed E-state index contributed by atoms with van der Waals surface area (Å²) in [4.78, 5) is 0. The Morgan fingerprint density at radius 3 is 2.08 bits per heavy atom. The van der Waals surface area contributed by atoms with Crippen LogP contribution in [0.1, 0.15) is 0 Å². The van der Waals surface area contributed by atoms with Gasteiger partial charge in [-0.3, -0.25) is 0 Å². The number of hydrogen-bond donors (Lipinski definition) is 0. The normalized spacial score (nSPS) is 7.42. The fraction of sp³-hybridized carbons (Fsp3) is 0. The van der Waals surface area contributed by atoms with Crippen LogP contribution in [-0.4, -0.2) is 0 Å². The van der Waals surface area contributed by atoms with Crippen molar-refractivity contribution in [1.29, 1.82) is 0 Å². The van der Waals surface area contributed by atoms with E-state index in [4.69, 9.17) is 16.3 Å². The molecule has 0 spiro atoms. The minimum Gasteiger partial charge on any atom is -0.466 e. The van der Waals surface area contributed by atoms with Gasteiger partial charge in [-0.05, 0) is 17.7 Å². The average molecular weight is 183 g/mol. The highest BCUT2D eigenvalue weighted by atomic mass is 35.5. The Labute approximate surface area is 77.9 Å². The summed E-state index contributed by atoms with van der Waals surface area (Å²) in [6, 6.07) is 9.52. The van der Waals surface area contributed by atoms with E-state index in [2.05, 4.69) is 13.2 Å². The molecule has 0 aliphatic carbocycles. The second kappa shape index (κ2) is 7.89. The first-order chi connectivity index (χ1) is 5.85. The molecule has 1 nitrogen and oxygen atoms in total. The van der Waals surface area contributed by atoms with Crippen molar-refractivity contribution in [2.45, 2.75) is 0 Å². The molecule has 0 aromatic heterocycles. The predicted molar refractivity (Wildman–Crippen MR) is 53.3 cm³/mol. The minimum absolute atomic E-state index is 0.826. The highest BCUT2D eigenvalue weighted by Gasteiger charge is 1.82. The van der Waals surface area contributed by atoms with E-state index in [0.29, 0.717) is 0 Å². The van der Waals surface area contributed by atoms with Crippen molar-refractivity contribution in [1.82, 2.24) is 0 Å². The van der Waals surface area contributed by atoms with Gasteiger partial charge in [0.05, 0.1) is 6.26 Å². The topological polar surface area (TPSA) is 9.23 Å². The zero-order valence-corrected chi connectivity index (χ0v) is 7.50. The third-order valence-corrected chi connectivity index (χ3v) is 0.963. The Hall–Kier alpha value is -1.21. The van der Waals surface area contributed by atoms with Crippen molar-refractivity contribution in [2.24, 2.45) is 0 Å². The van der Waals surface area contributed by atoms with Crippen molar-refractivity contribution in [3.63, 3.8) is 0 Å². The van der Waals surface area contributed by atoms with E-state index in [-0.39, 0.29) is 0 Å². The molecule has 1 aromatic carbocycles. The maximum Gasteiger partial charge on any atom is 0.126 e. The Morgan fingerprint density at radius 2 is 1.67 bits per heavy atom. The van der Waals surface area contributed by atoms with Gasteiger partial charge in [-0.1, -0.05) is 43.0 Å². The SMILES string of the molecule is C=CCl.C=COc1ccccc1. The fourth-order valence-corrected chi connectivity index (χ4v) is 0.595. The summed E-state index contributed by atoms with van der Waals surface area (Å²) >= 11 is 4.76. The molecule has 0 aliphatic heterocycles. The molecule has 0 aliphatic rings. The van der Waals surface area contributed by atoms with E-state index in [1.165, 1.54) is 11.8 Å². The molecule has 0 N–H and O–H groups in total. The molecule has 1 rings (SSSR count). The van der Waals surface area contributed by atoms with Gasteiger partial charge in [0.15, 0.2) is 0 Å². The van der Waals surface area contributed by atoms with Crippen LogP contribution in [0.3, 0.4) is 0 Å². The molecule has 0 amide bonds. The van der Waals surface area contributed by atoms with E-state index in [9.17, 15) is 0 Å². The summed E-state index contributed by atoms with van der Waals surface area (Å²) in [6.07, 6.45) is 1.41. The lowest BCUT2D eigenvalue weighted by Gasteiger charge is -1.95. The lowest BCUT2D eigenvalue weighted by molar-refractivity contribution is 0.483. The number of hydrogen-bond acceptors (Lipinski definition) is 1. The molecule has 0 heterocycles. The molecule has 0 saturated carbocycles. The summed E-state index contributed by atoms with van der Waals surface area (Å²) in [5.74, 6) is 0.826. The van der Waals surface area contributed by atoms with Gasteiger partial charge in [-0.2, -0.15) is 0 Å². The molecule has 12 heavy (non-hydrogen) atoms. The van der Waals surface area contributed by atoms with Crippen LogP contribution in [0, 0.1) is 0 Å². The Bertz CT molecular complexity index is 219. The molecule has 0 saturated heterocycles. The van der Waals surface area contributed by atoms with Gasteiger partial charge >= 0.3 is 0 Å². The summed E-state index contributed by atoms with van der Waals surface area (Å²) in [5, 5.41) is 0. The molecular weight excluding hydrogens is 172 g/mol. The monoisotopic (exact) mass is 182 g/mol. The van der Waals surface area contributed by atoms with Crippen LogP contribution in [0.25, 0.3) is 0 Å². The largest absolute Gasteiger partial charge is 0.466 e. The van der Waals surface area contributed by atoms with E-state index < -0.39 is 0 Å². The molecule has 0 bridgehead atoms. The van der Waals surface area contributed by atoms with Gasteiger partial charge in [0.2, 0.25) is 0 Å². The lowest BCUT2D eigenvalue weighted by Crippen LogP contribution is -1.76. The summed E-state index contributed by atoms with van der Waals surface area (Å²) in [5.41, 5.74) is 1.22. The number of para-hydroxylation sites is 1. The third kappa shape index (κ3) is 5.57. The van der Waals surface area contributed by atoms with E-state index in [0.717, 1.165) is 5.75 Å². The first-order valence-corrected chi connectivity index (χ1v) is 3.82. The Kier molecular flexibility index (Phi) is 7.10. The van der Waals surface area contributed by atoms with Crippen molar-refractivity contribution in [3.8, 4) is 5.75 Å². The van der Waals surface area contributed by atoms with Gasteiger partial charge in [-0.15, -0.1) is 0 Å². The van der Waals surface area contributed by atoms with Crippen LogP contribution in [0.2, 0.25) is 0 Å². The molecule has 0 atom stereocenters. The molecule has 1 aromatic rings. The second-order valence-electron chi connectivity index (χ2n) is 1.75. The standard InChI is InChI=1S/C8H8O.C2H3Cl/c1-2-9-8-6-4-3-5-7-8;1-2-3/h2-7H,1H2;2H,1H2. The number of halogens is 1. The van der Waals surface area contributed by atoms with Gasteiger partial charge in [0, 0.05) is 0 Å². The Morgan fingerprint density at radius 1 is 1.17 bits per heavy atom. The van der Waals surface area contributed by atoms with Crippen LogP contribution >= 0.6 is 11.6 Å². The smallest absolute Gasteiger partial charge is 0.126 e. The predicted octanol–water partition coefficient (Wildman–Crippen LogP) is 3.58. The summed E-state index contributed by atoms with van der Waals surface area (Å²) < 4.78 is 4.97. The maximum absolute atomic E-state index is 4.97. The quantitative estimate of drug-likeness (QED) is 0.636. The van der Waals surface area contributed by atoms with Crippen molar-refractivity contribution >= 4 is 11.6 Å². The highest BCUT2D eigenvalue weighted by molar-refractivity contribution is 6.25. The van der Waals surface area contributed by atoms with Crippen LogP contribution in [0.15, 0.2) is 55.3 Å². The molecule has 2 heteroatoms. The molecule has 64 valence electrons. The third-order valence-electron chi connectivity index (χ3n) is 0.963. The molecule has 0 radical (unpaired) electrons. The zero-order chi connectivity index (χ0) is 9.23. The van der Waals surface area contributed by atoms with E-state index in [1.54, 1.807) is 0 Å². The van der Waals surface area contributed by atoms with Crippen LogP contribution in [-0.2, 0) is 0 Å². The number of rotatable bonds is 2. The maximum atomic E-state index is 4.97. The van der Waals surface area contributed by atoms with Gasteiger partial charge < -0.3 is 4.74 Å². The summed E-state index contributed by atoms with van der Waals surface area (Å²) in [6.45, 7) is 6.56. The van der Waals surface area contributed by atoms with Crippen LogP contribution in [0.4, 0.5) is 0 Å². The van der Waals surface area contributed by atoms with Crippen molar-refractivity contribution in [3.05, 3.63) is 55.3 Å². The van der Waals surface area contributed by atoms with Crippen LogP contribution < -0.4 is 4.74 Å². The lowest BCUT2D eigenvalue weighted by atomic mass is 10.3.